The summed E-state index contributed by atoms with van der Waals surface area (Å²) in [5.41, 5.74) is 0. The molecule has 2 aromatic heterocycles. The molecule has 0 radical (unpaired) electrons. The second kappa shape index (κ2) is 8.77. The lowest BCUT2D eigenvalue weighted by atomic mass is 10.2. The molecule has 0 spiro atoms. The normalized spacial score (nSPS) is 17.2. The first-order valence-electron chi connectivity index (χ1n) is 9.13. The van der Waals surface area contributed by atoms with E-state index in [1.54, 1.807) is 35.6 Å². The van der Waals surface area contributed by atoms with Crippen molar-refractivity contribution in [3.05, 3.63) is 47.8 Å². The van der Waals surface area contributed by atoms with Gasteiger partial charge in [-0.05, 0) is 36.4 Å². The highest BCUT2D eigenvalue weighted by Crippen LogP contribution is 2.29. The number of aromatic nitrogens is 3. The Morgan fingerprint density at radius 2 is 2.04 bits per heavy atom. The van der Waals surface area contributed by atoms with Crippen molar-refractivity contribution in [3.8, 4) is 10.7 Å². The summed E-state index contributed by atoms with van der Waals surface area (Å²) in [7, 11) is -3.30. The average Bonchev–Trinajstić information content (AvgIpc) is 3.45. The van der Waals surface area contributed by atoms with Crippen LogP contribution in [0.25, 0.3) is 10.7 Å². The number of thioether (sulfide) groups is 1. The van der Waals surface area contributed by atoms with Crippen LogP contribution in [0.5, 0.6) is 0 Å². The minimum Gasteiger partial charge on any atom is -0.376 e. The van der Waals surface area contributed by atoms with Gasteiger partial charge in [-0.2, -0.15) is 0 Å². The number of benzene rings is 1. The molecule has 0 saturated carbocycles. The van der Waals surface area contributed by atoms with Crippen molar-refractivity contribution in [2.75, 3.05) is 18.1 Å². The minimum absolute atomic E-state index is 0.0583. The van der Waals surface area contributed by atoms with E-state index >= 15 is 0 Å². The summed E-state index contributed by atoms with van der Waals surface area (Å²) in [4.78, 5) is 1.41. The van der Waals surface area contributed by atoms with Gasteiger partial charge in [0.1, 0.15) is 0 Å². The Morgan fingerprint density at radius 3 is 2.75 bits per heavy atom. The lowest BCUT2D eigenvalue weighted by Crippen LogP contribution is -2.17. The van der Waals surface area contributed by atoms with Crippen LogP contribution in [0.3, 0.4) is 0 Å². The van der Waals surface area contributed by atoms with Gasteiger partial charge in [0.25, 0.3) is 0 Å². The Labute approximate surface area is 172 Å². The van der Waals surface area contributed by atoms with E-state index in [-0.39, 0.29) is 11.9 Å². The molecule has 9 heteroatoms. The molecule has 0 N–H and O–H groups in total. The highest BCUT2D eigenvalue weighted by Gasteiger charge is 2.23. The van der Waals surface area contributed by atoms with Crippen LogP contribution in [-0.4, -0.2) is 47.4 Å². The van der Waals surface area contributed by atoms with Crippen molar-refractivity contribution in [3.63, 3.8) is 0 Å². The standard InChI is InChI=1S/C19H21N3O3S3/c23-28(24,16-7-2-1-3-8-16)13-12-27-19-21-20-18(17-9-5-11-26-17)22(19)14-15-6-4-10-25-15/h1-3,5,7-9,11,15H,4,6,10,12-14H2. The first-order chi connectivity index (χ1) is 13.6. The van der Waals surface area contributed by atoms with Crippen LogP contribution in [0.4, 0.5) is 0 Å². The number of ether oxygens (including phenoxy) is 1. The quantitative estimate of drug-likeness (QED) is 0.502. The lowest BCUT2D eigenvalue weighted by molar-refractivity contribution is 0.0953. The first kappa shape index (κ1) is 19.6. The molecule has 3 heterocycles. The lowest BCUT2D eigenvalue weighted by Gasteiger charge is -2.14. The minimum atomic E-state index is -3.30. The third-order valence-corrected chi connectivity index (χ3v) is 8.38. The Hall–Kier alpha value is -1.68. The van der Waals surface area contributed by atoms with Gasteiger partial charge < -0.3 is 4.74 Å². The Bertz CT molecular complexity index is 996. The van der Waals surface area contributed by atoms with Gasteiger partial charge >= 0.3 is 0 Å². The van der Waals surface area contributed by atoms with E-state index in [9.17, 15) is 8.42 Å². The van der Waals surface area contributed by atoms with Gasteiger partial charge in [0.05, 0.1) is 28.2 Å². The molecule has 0 amide bonds. The molecule has 4 rings (SSSR count). The van der Waals surface area contributed by atoms with Crippen LogP contribution in [0.15, 0.2) is 57.9 Å². The Balaban J connectivity index is 1.49. The SMILES string of the molecule is O=S(=O)(CCSc1nnc(-c2cccs2)n1CC1CCCO1)c1ccccc1. The number of rotatable bonds is 8. The Morgan fingerprint density at radius 1 is 1.18 bits per heavy atom. The molecule has 148 valence electrons. The predicted octanol–water partition coefficient (Wildman–Crippen LogP) is 3.75. The molecule has 1 fully saturated rings. The van der Waals surface area contributed by atoms with E-state index in [1.165, 1.54) is 11.8 Å². The van der Waals surface area contributed by atoms with E-state index in [0.717, 1.165) is 35.3 Å². The van der Waals surface area contributed by atoms with Crippen LogP contribution >= 0.6 is 23.1 Å². The van der Waals surface area contributed by atoms with Gasteiger partial charge in [-0.1, -0.05) is 36.0 Å². The van der Waals surface area contributed by atoms with Crippen molar-refractivity contribution >= 4 is 32.9 Å². The molecular formula is C19H21N3O3S3. The molecule has 0 aliphatic carbocycles. The topological polar surface area (TPSA) is 74.1 Å². The molecule has 1 atom stereocenters. The third-order valence-electron chi connectivity index (χ3n) is 4.55. The van der Waals surface area contributed by atoms with Crippen molar-refractivity contribution in [2.45, 2.75) is 35.5 Å². The van der Waals surface area contributed by atoms with Gasteiger partial charge in [-0.3, -0.25) is 4.57 Å². The summed E-state index contributed by atoms with van der Waals surface area (Å²) in [6.07, 6.45) is 2.25. The molecular weight excluding hydrogens is 414 g/mol. The second-order valence-electron chi connectivity index (χ2n) is 6.51. The summed E-state index contributed by atoms with van der Waals surface area (Å²) in [6, 6.07) is 12.6. The smallest absolute Gasteiger partial charge is 0.191 e. The maximum atomic E-state index is 12.5. The van der Waals surface area contributed by atoms with Gasteiger partial charge in [0.15, 0.2) is 20.8 Å². The predicted molar refractivity (Wildman–Crippen MR) is 112 cm³/mol. The van der Waals surface area contributed by atoms with Gasteiger partial charge in [-0.25, -0.2) is 8.42 Å². The molecule has 1 aromatic carbocycles. The van der Waals surface area contributed by atoms with Crippen molar-refractivity contribution in [1.29, 1.82) is 0 Å². The molecule has 1 aliphatic heterocycles. The van der Waals surface area contributed by atoms with Crippen LogP contribution in [-0.2, 0) is 21.1 Å². The summed E-state index contributed by atoms with van der Waals surface area (Å²) < 4.78 is 32.9. The monoisotopic (exact) mass is 435 g/mol. The molecule has 1 aliphatic rings. The number of hydrogen-bond acceptors (Lipinski definition) is 7. The molecule has 0 bridgehead atoms. The van der Waals surface area contributed by atoms with Crippen LogP contribution in [0, 0.1) is 0 Å². The second-order valence-corrected chi connectivity index (χ2v) is 10.6. The largest absolute Gasteiger partial charge is 0.376 e. The number of nitrogens with zero attached hydrogens (tertiary/aromatic N) is 3. The van der Waals surface area contributed by atoms with Gasteiger partial charge in [0.2, 0.25) is 0 Å². The fourth-order valence-corrected chi connectivity index (χ4v) is 6.46. The fraction of sp³-hybridized carbons (Fsp3) is 0.368. The number of sulfone groups is 1. The van der Waals surface area contributed by atoms with E-state index in [1.807, 2.05) is 23.6 Å². The first-order valence-corrected chi connectivity index (χ1v) is 12.6. The summed E-state index contributed by atoms with van der Waals surface area (Å²) in [5.74, 6) is 1.30. The summed E-state index contributed by atoms with van der Waals surface area (Å²) in [5, 5.41) is 11.5. The maximum Gasteiger partial charge on any atom is 0.191 e. The zero-order chi connectivity index (χ0) is 19.4. The zero-order valence-corrected chi connectivity index (χ0v) is 17.7. The van der Waals surface area contributed by atoms with Gasteiger partial charge in [-0.15, -0.1) is 21.5 Å². The molecule has 1 unspecified atom stereocenters. The maximum absolute atomic E-state index is 12.5. The number of thiophene rings is 1. The van der Waals surface area contributed by atoms with Crippen LogP contribution in [0.1, 0.15) is 12.8 Å². The van der Waals surface area contributed by atoms with Crippen molar-refractivity contribution < 1.29 is 13.2 Å². The third kappa shape index (κ3) is 4.48. The van der Waals surface area contributed by atoms with E-state index in [0.29, 0.717) is 17.2 Å². The molecule has 6 nitrogen and oxygen atoms in total. The van der Waals surface area contributed by atoms with Gasteiger partial charge in [0, 0.05) is 12.4 Å². The molecule has 3 aromatic rings. The number of hydrogen-bond donors (Lipinski definition) is 0. The van der Waals surface area contributed by atoms with E-state index < -0.39 is 9.84 Å². The van der Waals surface area contributed by atoms with E-state index in [2.05, 4.69) is 14.8 Å². The molecule has 28 heavy (non-hydrogen) atoms. The average molecular weight is 436 g/mol. The van der Waals surface area contributed by atoms with Crippen molar-refractivity contribution in [1.82, 2.24) is 14.8 Å². The van der Waals surface area contributed by atoms with Crippen molar-refractivity contribution in [2.24, 2.45) is 0 Å². The highest BCUT2D eigenvalue weighted by atomic mass is 32.2. The van der Waals surface area contributed by atoms with Crippen LogP contribution < -0.4 is 0 Å². The fourth-order valence-electron chi connectivity index (χ4n) is 3.13. The molecule has 1 saturated heterocycles. The Kier molecular flexibility index (Phi) is 6.15. The van der Waals surface area contributed by atoms with E-state index in [4.69, 9.17) is 4.74 Å². The summed E-state index contributed by atoms with van der Waals surface area (Å²) >= 11 is 3.05. The zero-order valence-electron chi connectivity index (χ0n) is 15.2. The van der Waals surface area contributed by atoms with Crippen LogP contribution in [0.2, 0.25) is 0 Å². The highest BCUT2D eigenvalue weighted by molar-refractivity contribution is 8.00. The summed E-state index contributed by atoms with van der Waals surface area (Å²) in [6.45, 7) is 1.48.